The van der Waals surface area contributed by atoms with E-state index in [1.807, 2.05) is 0 Å². The average molecular weight is 291 g/mol. The minimum Gasteiger partial charge on any atom is -0.478 e. The van der Waals surface area contributed by atoms with E-state index in [0.29, 0.717) is 5.69 Å². The second-order valence-corrected chi connectivity index (χ2v) is 4.35. The summed E-state index contributed by atoms with van der Waals surface area (Å²) in [5, 5.41) is 8.58. The van der Waals surface area contributed by atoms with Crippen LogP contribution in [-0.4, -0.2) is 15.6 Å². The molecule has 0 aliphatic rings. The minimum atomic E-state index is -1.22. The monoisotopic (exact) mass is 291 g/mol. The number of hydrogen-bond donors (Lipinski definition) is 1. The fourth-order valence-corrected chi connectivity index (χ4v) is 1.89. The summed E-state index contributed by atoms with van der Waals surface area (Å²) in [7, 11) is 0. The van der Waals surface area contributed by atoms with Crippen molar-refractivity contribution in [2.45, 2.75) is 6.92 Å². The molecule has 0 aliphatic heterocycles. The molecule has 0 amide bonds. The molecule has 1 N–H and O–H groups in total. The first-order valence-corrected chi connectivity index (χ1v) is 5.99. The van der Waals surface area contributed by atoms with E-state index >= 15 is 0 Å². The highest BCUT2D eigenvalue weighted by Gasteiger charge is 2.13. The summed E-state index contributed by atoms with van der Waals surface area (Å²) in [6, 6.07) is 4.62. The number of aromatic nitrogens is 1. The van der Waals surface area contributed by atoms with E-state index in [-0.39, 0.29) is 11.3 Å². The molecule has 4 nitrogen and oxygen atoms in total. The van der Waals surface area contributed by atoms with Crippen LogP contribution in [0.3, 0.4) is 0 Å². The standard InChI is InChI=1S/C15H11F2NO3/c1-9-7-13(19)10(5-6-14(20)21)8-18(9)15-11(16)3-2-4-12(15)17/h2-8H,1H3,(H,20,21)/b6-5+. The average Bonchev–Trinajstić information content (AvgIpc) is 2.39. The first-order valence-electron chi connectivity index (χ1n) is 5.99. The Kier molecular flexibility index (Phi) is 3.98. The van der Waals surface area contributed by atoms with Gasteiger partial charge in [-0.05, 0) is 25.1 Å². The highest BCUT2D eigenvalue weighted by atomic mass is 19.1. The molecule has 0 atom stereocenters. The Balaban J connectivity index is 2.67. The summed E-state index contributed by atoms with van der Waals surface area (Å²) < 4.78 is 28.8. The third kappa shape index (κ3) is 3.05. The highest BCUT2D eigenvalue weighted by Crippen LogP contribution is 2.19. The first kappa shape index (κ1) is 14.6. The van der Waals surface area contributed by atoms with E-state index in [1.54, 1.807) is 0 Å². The maximum absolute atomic E-state index is 13.8. The minimum absolute atomic E-state index is 0.0191. The molecule has 0 saturated carbocycles. The molecule has 0 bridgehead atoms. The number of nitrogens with zero attached hydrogens (tertiary/aromatic N) is 1. The number of aryl methyl sites for hydroxylation is 1. The lowest BCUT2D eigenvalue weighted by atomic mass is 10.2. The first-order chi connectivity index (χ1) is 9.90. The number of carboxylic acid groups (broad SMARTS) is 1. The van der Waals surface area contributed by atoms with Gasteiger partial charge in [-0.25, -0.2) is 13.6 Å². The molecule has 0 saturated heterocycles. The number of hydrogen-bond acceptors (Lipinski definition) is 2. The summed E-state index contributed by atoms with van der Waals surface area (Å²) in [6.07, 6.45) is 3.08. The molecule has 1 aromatic carbocycles. The SMILES string of the molecule is Cc1cc(=O)c(/C=C/C(=O)O)cn1-c1c(F)cccc1F. The quantitative estimate of drug-likeness (QED) is 0.884. The van der Waals surface area contributed by atoms with Gasteiger partial charge in [0.15, 0.2) is 5.43 Å². The van der Waals surface area contributed by atoms with Gasteiger partial charge in [-0.3, -0.25) is 4.79 Å². The van der Waals surface area contributed by atoms with Crippen LogP contribution in [0.2, 0.25) is 0 Å². The van der Waals surface area contributed by atoms with Crippen molar-refractivity contribution in [2.24, 2.45) is 0 Å². The molecule has 0 aliphatic carbocycles. The lowest BCUT2D eigenvalue weighted by Gasteiger charge is -2.13. The maximum atomic E-state index is 13.8. The molecule has 108 valence electrons. The number of pyridine rings is 1. The van der Waals surface area contributed by atoms with Crippen LogP contribution in [0.5, 0.6) is 0 Å². The topological polar surface area (TPSA) is 59.3 Å². The molecule has 2 rings (SSSR count). The Morgan fingerprint density at radius 1 is 1.29 bits per heavy atom. The summed E-state index contributed by atoms with van der Waals surface area (Å²) in [5.74, 6) is -2.79. The predicted octanol–water partition coefficient (Wildman–Crippen LogP) is 2.52. The van der Waals surface area contributed by atoms with Crippen LogP contribution in [0.1, 0.15) is 11.3 Å². The summed E-state index contributed by atoms with van der Waals surface area (Å²) in [4.78, 5) is 22.3. The number of para-hydroxylation sites is 1. The normalized spacial score (nSPS) is 11.0. The van der Waals surface area contributed by atoms with Crippen LogP contribution < -0.4 is 5.43 Å². The van der Waals surface area contributed by atoms with Gasteiger partial charge < -0.3 is 9.67 Å². The van der Waals surface area contributed by atoms with Crippen molar-refractivity contribution in [3.63, 3.8) is 0 Å². The van der Waals surface area contributed by atoms with Crippen molar-refractivity contribution in [1.29, 1.82) is 0 Å². The van der Waals surface area contributed by atoms with E-state index in [0.717, 1.165) is 24.3 Å². The third-order valence-electron chi connectivity index (χ3n) is 2.86. The molecular formula is C15H11F2NO3. The summed E-state index contributed by atoms with van der Waals surface area (Å²) in [6.45, 7) is 1.53. The number of rotatable bonds is 3. The maximum Gasteiger partial charge on any atom is 0.328 e. The molecule has 21 heavy (non-hydrogen) atoms. The Hall–Kier alpha value is -2.76. The van der Waals surface area contributed by atoms with Crippen molar-refractivity contribution < 1.29 is 18.7 Å². The molecule has 0 spiro atoms. The van der Waals surface area contributed by atoms with Crippen LogP contribution >= 0.6 is 0 Å². The molecule has 0 unspecified atom stereocenters. The number of carbonyl (C=O) groups is 1. The van der Waals surface area contributed by atoms with Crippen LogP contribution in [-0.2, 0) is 4.79 Å². The molecule has 1 heterocycles. The lowest BCUT2D eigenvalue weighted by Crippen LogP contribution is -2.13. The van der Waals surface area contributed by atoms with Gasteiger partial charge in [-0.1, -0.05) is 6.07 Å². The van der Waals surface area contributed by atoms with Crippen molar-refractivity contribution in [2.75, 3.05) is 0 Å². The zero-order valence-corrected chi connectivity index (χ0v) is 11.0. The van der Waals surface area contributed by atoms with Gasteiger partial charge in [0.2, 0.25) is 0 Å². The van der Waals surface area contributed by atoms with Crippen molar-refractivity contribution in [3.05, 3.63) is 69.7 Å². The lowest BCUT2D eigenvalue weighted by molar-refractivity contribution is -0.131. The van der Waals surface area contributed by atoms with Gasteiger partial charge in [-0.15, -0.1) is 0 Å². The van der Waals surface area contributed by atoms with E-state index in [2.05, 4.69) is 0 Å². The van der Waals surface area contributed by atoms with Crippen molar-refractivity contribution in [3.8, 4) is 5.69 Å². The zero-order chi connectivity index (χ0) is 15.6. The fraction of sp³-hybridized carbons (Fsp3) is 0.0667. The van der Waals surface area contributed by atoms with Gasteiger partial charge >= 0.3 is 5.97 Å². The van der Waals surface area contributed by atoms with Gasteiger partial charge in [0.25, 0.3) is 0 Å². The van der Waals surface area contributed by atoms with Gasteiger partial charge in [0.05, 0.1) is 0 Å². The van der Waals surface area contributed by atoms with E-state index in [9.17, 15) is 18.4 Å². The second kappa shape index (κ2) is 5.70. The van der Waals surface area contributed by atoms with Gasteiger partial charge in [-0.2, -0.15) is 0 Å². The molecular weight excluding hydrogens is 280 g/mol. The number of benzene rings is 1. The number of carboxylic acids is 1. The van der Waals surface area contributed by atoms with Crippen LogP contribution in [0.15, 0.2) is 41.3 Å². The molecule has 0 radical (unpaired) electrons. The van der Waals surface area contributed by atoms with Crippen LogP contribution in [0, 0.1) is 18.6 Å². The number of halogens is 2. The van der Waals surface area contributed by atoms with Crippen LogP contribution in [0.4, 0.5) is 8.78 Å². The fourth-order valence-electron chi connectivity index (χ4n) is 1.89. The largest absolute Gasteiger partial charge is 0.478 e. The molecule has 0 fully saturated rings. The van der Waals surface area contributed by atoms with Crippen molar-refractivity contribution in [1.82, 2.24) is 4.57 Å². The highest BCUT2D eigenvalue weighted by molar-refractivity contribution is 5.85. The second-order valence-electron chi connectivity index (χ2n) is 4.35. The summed E-state index contributed by atoms with van der Waals surface area (Å²) in [5.41, 5.74) is -0.403. The summed E-state index contributed by atoms with van der Waals surface area (Å²) >= 11 is 0. The predicted molar refractivity (Wildman–Crippen MR) is 73.4 cm³/mol. The van der Waals surface area contributed by atoms with Gasteiger partial charge in [0.1, 0.15) is 17.3 Å². The Bertz CT molecular complexity index is 774. The Morgan fingerprint density at radius 3 is 2.48 bits per heavy atom. The smallest absolute Gasteiger partial charge is 0.328 e. The van der Waals surface area contributed by atoms with E-state index in [4.69, 9.17) is 5.11 Å². The van der Waals surface area contributed by atoms with Crippen LogP contribution in [0.25, 0.3) is 11.8 Å². The van der Waals surface area contributed by atoms with Crippen molar-refractivity contribution >= 4 is 12.0 Å². The van der Waals surface area contributed by atoms with Gasteiger partial charge in [0, 0.05) is 29.6 Å². The molecule has 1 aromatic heterocycles. The van der Waals surface area contributed by atoms with E-state index < -0.39 is 23.0 Å². The molecule has 6 heteroatoms. The Labute approximate surface area is 118 Å². The molecule has 2 aromatic rings. The zero-order valence-electron chi connectivity index (χ0n) is 11.0. The number of aliphatic carboxylic acids is 1. The Morgan fingerprint density at radius 2 is 1.90 bits per heavy atom. The van der Waals surface area contributed by atoms with E-state index in [1.165, 1.54) is 29.8 Å². The third-order valence-corrected chi connectivity index (χ3v) is 2.86.